The molecule has 0 spiro atoms. The maximum atomic E-state index is 12.2. The van der Waals surface area contributed by atoms with E-state index < -0.39 is 12.0 Å². The lowest BCUT2D eigenvalue weighted by atomic mass is 9.94. The number of hydrogen-bond acceptors (Lipinski definition) is 3. The Morgan fingerprint density at radius 2 is 1.74 bits per heavy atom. The van der Waals surface area contributed by atoms with Crippen LogP contribution in [0, 0.1) is 0 Å². The second-order valence-corrected chi connectivity index (χ2v) is 9.43. The van der Waals surface area contributed by atoms with E-state index in [9.17, 15) is 9.90 Å². The Hall–Kier alpha value is -2.63. The highest BCUT2D eigenvalue weighted by Gasteiger charge is 2.33. The van der Waals surface area contributed by atoms with Crippen LogP contribution in [0.3, 0.4) is 0 Å². The summed E-state index contributed by atoms with van der Waals surface area (Å²) in [6, 6.07) is 14.0. The average molecular weight is 480 g/mol. The number of carboxylic acids is 1. The van der Waals surface area contributed by atoms with Crippen LogP contribution in [0.25, 0.3) is 11.4 Å². The highest BCUT2D eigenvalue weighted by atomic mass is 35.5. The van der Waals surface area contributed by atoms with Gasteiger partial charge in [-0.2, -0.15) is 0 Å². The summed E-state index contributed by atoms with van der Waals surface area (Å²) in [5.41, 5.74) is 6.91. The van der Waals surface area contributed by atoms with Crippen molar-refractivity contribution in [3.05, 3.63) is 75.6 Å². The minimum Gasteiger partial charge on any atom is -0.480 e. The molecule has 34 heavy (non-hydrogen) atoms. The van der Waals surface area contributed by atoms with Gasteiger partial charge in [-0.1, -0.05) is 81.3 Å². The van der Waals surface area contributed by atoms with Crippen LogP contribution in [0.15, 0.2) is 42.5 Å². The van der Waals surface area contributed by atoms with E-state index in [1.165, 1.54) is 22.3 Å². The van der Waals surface area contributed by atoms with E-state index in [4.69, 9.17) is 16.6 Å². The Labute approximate surface area is 207 Å². The van der Waals surface area contributed by atoms with E-state index in [0.29, 0.717) is 24.7 Å². The summed E-state index contributed by atoms with van der Waals surface area (Å²) < 4.78 is 2.25. The third-order valence-electron chi connectivity index (χ3n) is 6.97. The molecule has 1 aromatic heterocycles. The smallest absolute Gasteiger partial charge is 0.321 e. The first kappa shape index (κ1) is 24.5. The Kier molecular flexibility index (Phi) is 7.74. The fourth-order valence-electron chi connectivity index (χ4n) is 5.06. The number of aryl methyl sites for hydroxylation is 2. The molecule has 1 aliphatic heterocycles. The molecule has 1 N–H and O–H groups in total. The predicted molar refractivity (Wildman–Crippen MR) is 137 cm³/mol. The van der Waals surface area contributed by atoms with Gasteiger partial charge in [0.2, 0.25) is 0 Å². The minimum absolute atomic E-state index is 0.455. The lowest BCUT2D eigenvalue weighted by Gasteiger charge is -2.34. The van der Waals surface area contributed by atoms with Gasteiger partial charge in [0.15, 0.2) is 5.15 Å². The van der Waals surface area contributed by atoms with Crippen molar-refractivity contribution in [1.29, 1.82) is 0 Å². The topological polar surface area (TPSA) is 58.4 Å². The van der Waals surface area contributed by atoms with Crippen LogP contribution in [-0.4, -0.2) is 31.6 Å². The lowest BCUT2D eigenvalue weighted by Crippen LogP contribution is -2.45. The number of aromatic nitrogens is 2. The number of halogens is 1. The molecule has 180 valence electrons. The van der Waals surface area contributed by atoms with Crippen LogP contribution >= 0.6 is 11.6 Å². The predicted octanol–water partition coefficient (Wildman–Crippen LogP) is 6.14. The van der Waals surface area contributed by atoms with Crippen LogP contribution in [-0.2, 0) is 43.7 Å². The van der Waals surface area contributed by atoms with Crippen LogP contribution in [0.1, 0.15) is 61.6 Å². The van der Waals surface area contributed by atoms with E-state index in [1.54, 1.807) is 0 Å². The van der Waals surface area contributed by atoms with Gasteiger partial charge in [0, 0.05) is 25.2 Å². The van der Waals surface area contributed by atoms with Crippen molar-refractivity contribution in [1.82, 2.24) is 14.5 Å². The van der Waals surface area contributed by atoms with Crippen molar-refractivity contribution in [3.63, 3.8) is 0 Å². The molecule has 4 rings (SSSR count). The second-order valence-electron chi connectivity index (χ2n) is 9.07. The van der Waals surface area contributed by atoms with Gasteiger partial charge in [0.1, 0.15) is 11.9 Å². The number of carbonyl (C=O) groups is 1. The molecule has 6 heteroatoms. The molecule has 0 saturated carbocycles. The molecule has 0 aliphatic carbocycles. The van der Waals surface area contributed by atoms with Crippen molar-refractivity contribution in [3.8, 4) is 11.4 Å². The van der Waals surface area contributed by atoms with E-state index >= 15 is 0 Å². The van der Waals surface area contributed by atoms with Gasteiger partial charge in [-0.05, 0) is 47.9 Å². The first-order valence-corrected chi connectivity index (χ1v) is 12.8. The fraction of sp³-hybridized carbons (Fsp3) is 0.429. The zero-order valence-corrected chi connectivity index (χ0v) is 21.1. The van der Waals surface area contributed by atoms with Gasteiger partial charge in [0.05, 0.1) is 5.69 Å². The molecule has 0 saturated heterocycles. The van der Waals surface area contributed by atoms with Crippen LogP contribution in [0.4, 0.5) is 0 Å². The van der Waals surface area contributed by atoms with Crippen molar-refractivity contribution in [2.75, 3.05) is 0 Å². The van der Waals surface area contributed by atoms with Gasteiger partial charge in [0.25, 0.3) is 0 Å². The van der Waals surface area contributed by atoms with Crippen molar-refractivity contribution in [2.45, 2.75) is 78.6 Å². The SMILES string of the molecule is CCCCn1c(-c2c(CC)cccc2CC)nc(Cl)c1CN1Cc2ccccc2C[C@H]1C(=O)O. The van der Waals surface area contributed by atoms with Gasteiger partial charge in [-0.15, -0.1) is 0 Å². The summed E-state index contributed by atoms with van der Waals surface area (Å²) in [7, 11) is 0. The van der Waals surface area contributed by atoms with Crippen LogP contribution in [0.2, 0.25) is 5.15 Å². The molecular weight excluding hydrogens is 446 g/mol. The Bertz CT molecular complexity index is 1150. The largest absolute Gasteiger partial charge is 0.480 e. The molecule has 0 amide bonds. The van der Waals surface area contributed by atoms with Crippen molar-refractivity contribution < 1.29 is 9.90 Å². The van der Waals surface area contributed by atoms with Crippen molar-refractivity contribution in [2.24, 2.45) is 0 Å². The van der Waals surface area contributed by atoms with E-state index in [2.05, 4.69) is 49.6 Å². The minimum atomic E-state index is -0.796. The first-order chi connectivity index (χ1) is 16.5. The molecule has 2 aromatic carbocycles. The number of aliphatic carboxylic acids is 1. The molecule has 1 aliphatic rings. The number of carboxylic acid groups (broad SMARTS) is 1. The fourth-order valence-corrected chi connectivity index (χ4v) is 5.31. The van der Waals surface area contributed by atoms with Gasteiger partial charge in [-0.3, -0.25) is 9.69 Å². The quantitative estimate of drug-likeness (QED) is 0.400. The maximum absolute atomic E-state index is 12.2. The lowest BCUT2D eigenvalue weighted by molar-refractivity contribution is -0.144. The summed E-state index contributed by atoms with van der Waals surface area (Å²) in [6.45, 7) is 8.37. The van der Waals surface area contributed by atoms with Crippen LogP contribution in [0.5, 0.6) is 0 Å². The van der Waals surface area contributed by atoms with E-state index in [1.807, 2.05) is 23.1 Å². The highest BCUT2D eigenvalue weighted by molar-refractivity contribution is 6.30. The maximum Gasteiger partial charge on any atom is 0.321 e. The Morgan fingerprint density at radius 1 is 1.06 bits per heavy atom. The molecule has 0 unspecified atom stereocenters. The third kappa shape index (κ3) is 4.77. The first-order valence-electron chi connectivity index (χ1n) is 12.4. The third-order valence-corrected chi connectivity index (χ3v) is 7.27. The van der Waals surface area contributed by atoms with Crippen molar-refractivity contribution >= 4 is 17.6 Å². The van der Waals surface area contributed by atoms with E-state index in [-0.39, 0.29) is 0 Å². The summed E-state index contributed by atoms with van der Waals surface area (Å²) in [4.78, 5) is 19.1. The summed E-state index contributed by atoms with van der Waals surface area (Å²) in [6.07, 6.45) is 4.40. The number of fused-ring (bicyclic) bond motifs is 1. The molecule has 1 atom stereocenters. The molecule has 0 radical (unpaired) electrons. The van der Waals surface area contributed by atoms with Crippen LogP contribution < -0.4 is 0 Å². The molecule has 5 nitrogen and oxygen atoms in total. The number of imidazole rings is 1. The standard InChI is InChI=1S/C28H34ClN3O2/c1-4-7-15-32-24(18-31-17-22-12-9-8-11-21(22)16-23(31)28(33)34)26(29)30-27(32)25-19(5-2)13-10-14-20(25)6-3/h8-14,23H,4-7,15-18H2,1-3H3,(H,33,34)/t23-/m0/s1. The number of nitrogens with zero attached hydrogens (tertiary/aromatic N) is 3. The zero-order chi connectivity index (χ0) is 24.2. The normalized spacial score (nSPS) is 15.9. The molecule has 2 heterocycles. The van der Waals surface area contributed by atoms with Gasteiger partial charge >= 0.3 is 5.97 Å². The number of benzene rings is 2. The molecule has 3 aromatic rings. The number of hydrogen-bond donors (Lipinski definition) is 1. The average Bonchev–Trinajstić information content (AvgIpc) is 3.15. The summed E-state index contributed by atoms with van der Waals surface area (Å²) in [5, 5.41) is 10.5. The van der Waals surface area contributed by atoms with Gasteiger partial charge < -0.3 is 9.67 Å². The molecular formula is C28H34ClN3O2. The van der Waals surface area contributed by atoms with E-state index in [0.717, 1.165) is 49.3 Å². The Morgan fingerprint density at radius 3 is 2.35 bits per heavy atom. The number of rotatable bonds is 9. The Balaban J connectivity index is 1.79. The molecule has 0 bridgehead atoms. The molecule has 0 fully saturated rings. The highest BCUT2D eigenvalue weighted by Crippen LogP contribution is 2.34. The summed E-state index contributed by atoms with van der Waals surface area (Å²) in [5.74, 6) is 0.113. The summed E-state index contributed by atoms with van der Waals surface area (Å²) >= 11 is 6.81. The second kappa shape index (κ2) is 10.7. The number of unbranched alkanes of at least 4 members (excludes halogenated alkanes) is 1. The zero-order valence-electron chi connectivity index (χ0n) is 20.4. The monoisotopic (exact) mass is 479 g/mol. The van der Waals surface area contributed by atoms with Gasteiger partial charge in [-0.25, -0.2) is 4.98 Å².